The minimum atomic E-state index is -4.41. The number of rotatable bonds is 7. The Bertz CT molecular complexity index is 505. The van der Waals surface area contributed by atoms with Crippen molar-refractivity contribution in [2.75, 3.05) is 6.61 Å². The first kappa shape index (κ1) is 19.1. The van der Waals surface area contributed by atoms with Crippen LogP contribution >= 0.6 is 0 Å². The third kappa shape index (κ3) is 5.99. The summed E-state index contributed by atoms with van der Waals surface area (Å²) in [5, 5.41) is 0. The Morgan fingerprint density at radius 3 is 2.38 bits per heavy atom. The van der Waals surface area contributed by atoms with Gasteiger partial charge in [-0.25, -0.2) is 4.39 Å². The highest BCUT2D eigenvalue weighted by atomic mass is 19.4. The molecule has 0 N–H and O–H groups in total. The quantitative estimate of drug-likeness (QED) is 0.398. The van der Waals surface area contributed by atoms with E-state index in [2.05, 4.69) is 11.7 Å². The van der Waals surface area contributed by atoms with Crippen molar-refractivity contribution in [3.8, 4) is 5.75 Å². The fraction of sp³-hybridized carbons (Fsp3) is 0.684. The topological polar surface area (TPSA) is 9.23 Å². The van der Waals surface area contributed by atoms with Gasteiger partial charge in [-0.05, 0) is 49.1 Å². The monoisotopic (exact) mass is 346 g/mol. The molecule has 0 amide bonds. The van der Waals surface area contributed by atoms with Crippen LogP contribution in [0.4, 0.5) is 17.6 Å². The highest BCUT2D eigenvalue weighted by molar-refractivity contribution is 5.31. The molecule has 0 atom stereocenters. The van der Waals surface area contributed by atoms with E-state index in [1.165, 1.54) is 31.7 Å². The zero-order chi connectivity index (χ0) is 17.6. The third-order valence-electron chi connectivity index (χ3n) is 4.88. The molecule has 5 heteroatoms. The number of alkyl halides is 3. The van der Waals surface area contributed by atoms with Crippen molar-refractivity contribution in [1.82, 2.24) is 0 Å². The van der Waals surface area contributed by atoms with E-state index in [1.54, 1.807) is 6.07 Å². The van der Waals surface area contributed by atoms with E-state index >= 15 is 0 Å². The molecule has 1 fully saturated rings. The van der Waals surface area contributed by atoms with Gasteiger partial charge in [0.25, 0.3) is 0 Å². The smallest absolute Gasteiger partial charge is 0.422 e. The van der Waals surface area contributed by atoms with E-state index in [1.807, 2.05) is 0 Å². The van der Waals surface area contributed by atoms with Crippen LogP contribution in [0.1, 0.15) is 69.8 Å². The molecule has 1 aliphatic rings. The standard InChI is InChI=1S/C19H26F4O/c1-2-3-4-5-14-6-8-15(9-7-14)17-11-10-16(12-18(17)20)24-13-19(21,22)23/h10-12,14-15H,2-9,13H2,1H3. The number of unbranched alkanes of at least 4 members (excludes halogenated alkanes) is 2. The molecule has 0 aliphatic heterocycles. The van der Waals surface area contributed by atoms with Crippen LogP contribution in [0.15, 0.2) is 18.2 Å². The van der Waals surface area contributed by atoms with E-state index in [-0.39, 0.29) is 11.7 Å². The molecule has 0 bridgehead atoms. The Kier molecular flexibility index (Phi) is 6.93. The van der Waals surface area contributed by atoms with Crippen LogP contribution in [-0.2, 0) is 0 Å². The molecule has 1 nitrogen and oxygen atoms in total. The van der Waals surface area contributed by atoms with Crippen LogP contribution in [-0.4, -0.2) is 12.8 Å². The lowest BCUT2D eigenvalue weighted by Crippen LogP contribution is -2.19. The Hall–Kier alpha value is -1.26. The second kappa shape index (κ2) is 8.72. The van der Waals surface area contributed by atoms with Gasteiger partial charge in [-0.1, -0.05) is 38.7 Å². The average molecular weight is 346 g/mol. The van der Waals surface area contributed by atoms with Gasteiger partial charge >= 0.3 is 6.18 Å². The number of halogens is 4. The maximum Gasteiger partial charge on any atom is 0.422 e. The van der Waals surface area contributed by atoms with Crippen molar-refractivity contribution >= 4 is 0 Å². The summed E-state index contributed by atoms with van der Waals surface area (Å²) in [6.07, 6.45) is 4.74. The first-order valence-electron chi connectivity index (χ1n) is 8.88. The molecule has 136 valence electrons. The van der Waals surface area contributed by atoms with E-state index in [4.69, 9.17) is 0 Å². The zero-order valence-corrected chi connectivity index (χ0v) is 14.2. The van der Waals surface area contributed by atoms with Gasteiger partial charge < -0.3 is 4.74 Å². The van der Waals surface area contributed by atoms with Crippen LogP contribution in [0.2, 0.25) is 0 Å². The van der Waals surface area contributed by atoms with Gasteiger partial charge in [0.2, 0.25) is 0 Å². The number of hydrogen-bond donors (Lipinski definition) is 0. The van der Waals surface area contributed by atoms with Gasteiger partial charge in [-0.3, -0.25) is 0 Å². The Morgan fingerprint density at radius 1 is 1.08 bits per heavy atom. The van der Waals surface area contributed by atoms with Gasteiger partial charge in [0, 0.05) is 6.07 Å². The summed E-state index contributed by atoms with van der Waals surface area (Å²) in [4.78, 5) is 0. The van der Waals surface area contributed by atoms with Gasteiger partial charge in [0.15, 0.2) is 6.61 Å². The fourth-order valence-electron chi connectivity index (χ4n) is 3.54. The van der Waals surface area contributed by atoms with Crippen molar-refractivity contribution in [1.29, 1.82) is 0 Å². The predicted molar refractivity (Wildman–Crippen MR) is 86.8 cm³/mol. The molecule has 0 spiro atoms. The predicted octanol–water partition coefficient (Wildman–Crippen LogP) is 6.62. The second-order valence-corrected chi connectivity index (χ2v) is 6.80. The molecular formula is C19H26F4O. The number of hydrogen-bond acceptors (Lipinski definition) is 1. The summed E-state index contributed by atoms with van der Waals surface area (Å²) in [6.45, 7) is 0.802. The maximum atomic E-state index is 14.2. The van der Waals surface area contributed by atoms with Gasteiger partial charge in [-0.2, -0.15) is 13.2 Å². The lowest BCUT2D eigenvalue weighted by Gasteiger charge is -2.29. The fourth-order valence-corrected chi connectivity index (χ4v) is 3.54. The van der Waals surface area contributed by atoms with Crippen molar-refractivity contribution in [2.45, 2.75) is 70.4 Å². The molecule has 1 saturated carbocycles. The minimum Gasteiger partial charge on any atom is -0.484 e. The molecule has 1 aromatic rings. The first-order valence-corrected chi connectivity index (χ1v) is 8.88. The highest BCUT2D eigenvalue weighted by Crippen LogP contribution is 2.39. The van der Waals surface area contributed by atoms with Crippen LogP contribution in [0, 0.1) is 11.7 Å². The lowest BCUT2D eigenvalue weighted by molar-refractivity contribution is -0.153. The van der Waals surface area contributed by atoms with Crippen molar-refractivity contribution in [2.24, 2.45) is 5.92 Å². The molecule has 0 saturated heterocycles. The average Bonchev–Trinajstić information content (AvgIpc) is 2.53. The SMILES string of the molecule is CCCCCC1CCC(c2ccc(OCC(F)(F)F)cc2F)CC1. The van der Waals surface area contributed by atoms with Crippen LogP contribution in [0.25, 0.3) is 0 Å². The van der Waals surface area contributed by atoms with Crippen molar-refractivity contribution < 1.29 is 22.3 Å². The second-order valence-electron chi connectivity index (χ2n) is 6.80. The van der Waals surface area contributed by atoms with Crippen LogP contribution in [0.3, 0.4) is 0 Å². The first-order chi connectivity index (χ1) is 11.4. The molecular weight excluding hydrogens is 320 g/mol. The van der Waals surface area contributed by atoms with Crippen molar-refractivity contribution in [3.63, 3.8) is 0 Å². The zero-order valence-electron chi connectivity index (χ0n) is 14.2. The number of ether oxygens (including phenoxy) is 1. The van der Waals surface area contributed by atoms with Gasteiger partial charge in [0.1, 0.15) is 11.6 Å². The molecule has 0 unspecified atom stereocenters. The van der Waals surface area contributed by atoms with Crippen molar-refractivity contribution in [3.05, 3.63) is 29.6 Å². The lowest BCUT2D eigenvalue weighted by atomic mass is 9.77. The maximum absolute atomic E-state index is 14.2. The van der Waals surface area contributed by atoms with Gasteiger partial charge in [-0.15, -0.1) is 0 Å². The molecule has 0 radical (unpaired) electrons. The van der Waals surface area contributed by atoms with E-state index in [0.29, 0.717) is 5.56 Å². The summed E-state index contributed by atoms with van der Waals surface area (Å²) in [5.41, 5.74) is 0.612. The molecule has 1 aromatic carbocycles. The minimum absolute atomic E-state index is 0.0678. The molecule has 1 aliphatic carbocycles. The van der Waals surface area contributed by atoms with Gasteiger partial charge in [0.05, 0.1) is 0 Å². The third-order valence-corrected chi connectivity index (χ3v) is 4.88. The van der Waals surface area contributed by atoms with E-state index in [9.17, 15) is 17.6 Å². The number of benzene rings is 1. The van der Waals surface area contributed by atoms with E-state index < -0.39 is 18.6 Å². The summed E-state index contributed by atoms with van der Waals surface area (Å²) in [7, 11) is 0. The van der Waals surface area contributed by atoms with Crippen LogP contribution < -0.4 is 4.74 Å². The largest absolute Gasteiger partial charge is 0.484 e. The normalized spacial score (nSPS) is 21.7. The Balaban J connectivity index is 1.87. The highest BCUT2D eigenvalue weighted by Gasteiger charge is 2.29. The molecule has 2 rings (SSSR count). The Labute approximate surface area is 141 Å². The molecule has 0 aromatic heterocycles. The molecule has 24 heavy (non-hydrogen) atoms. The molecule has 0 heterocycles. The summed E-state index contributed by atoms with van der Waals surface area (Å²) >= 11 is 0. The summed E-state index contributed by atoms with van der Waals surface area (Å²) < 4.78 is 55.3. The van der Waals surface area contributed by atoms with Crippen LogP contribution in [0.5, 0.6) is 5.75 Å². The Morgan fingerprint density at radius 2 is 1.79 bits per heavy atom. The summed E-state index contributed by atoms with van der Waals surface area (Å²) in [6, 6.07) is 4.11. The van der Waals surface area contributed by atoms with E-state index in [0.717, 1.165) is 37.7 Å². The summed E-state index contributed by atoms with van der Waals surface area (Å²) in [5.74, 6) is 0.389.